The summed E-state index contributed by atoms with van der Waals surface area (Å²) in [5.41, 5.74) is 5.91. The molecule has 0 amide bonds. The zero-order chi connectivity index (χ0) is 13.7. The minimum atomic E-state index is 0. The van der Waals surface area contributed by atoms with Gasteiger partial charge in [0.05, 0.1) is 0 Å². The van der Waals surface area contributed by atoms with Crippen LogP contribution in [0.15, 0.2) is 40.8 Å². The van der Waals surface area contributed by atoms with E-state index < -0.39 is 0 Å². The zero-order valence-corrected chi connectivity index (χ0v) is 14.8. The van der Waals surface area contributed by atoms with Crippen molar-refractivity contribution in [1.29, 1.82) is 0 Å². The van der Waals surface area contributed by atoms with E-state index in [1.807, 2.05) is 18.0 Å². The Bertz CT molecular complexity index is 727. The molecule has 3 nitrogen and oxygen atoms in total. The van der Waals surface area contributed by atoms with Gasteiger partial charge in [-0.1, -0.05) is 11.3 Å². The molecule has 4 rings (SSSR count). The van der Waals surface area contributed by atoms with Gasteiger partial charge in [-0.25, -0.2) is 4.40 Å². The number of fused-ring (bicyclic) bond motifs is 6. The number of amidine groups is 1. The maximum Gasteiger partial charge on any atom is 0.114 e. The van der Waals surface area contributed by atoms with Crippen LogP contribution in [0.3, 0.4) is 0 Å². The number of rotatable bonds is 1. The van der Waals surface area contributed by atoms with Gasteiger partial charge in [-0.2, -0.15) is 42.1 Å². The smallest absolute Gasteiger partial charge is 0.114 e. The van der Waals surface area contributed by atoms with E-state index in [-0.39, 0.29) is 20.1 Å². The number of para-hydroxylation sites is 1. The predicted molar refractivity (Wildman–Crippen MR) is 85.9 cm³/mol. The molecular formula is C16H13IrN3S-2. The van der Waals surface area contributed by atoms with Crippen molar-refractivity contribution in [1.82, 2.24) is 0 Å². The maximum absolute atomic E-state index is 4.54. The van der Waals surface area contributed by atoms with Gasteiger partial charge in [0.1, 0.15) is 5.84 Å². The van der Waals surface area contributed by atoms with Crippen molar-refractivity contribution in [3.63, 3.8) is 0 Å². The molecule has 109 valence electrons. The second kappa shape index (κ2) is 5.48. The van der Waals surface area contributed by atoms with Gasteiger partial charge in [0.25, 0.3) is 0 Å². The molecule has 21 heavy (non-hydrogen) atoms. The van der Waals surface area contributed by atoms with Gasteiger partial charge in [-0.05, 0) is 18.2 Å². The van der Waals surface area contributed by atoms with Gasteiger partial charge >= 0.3 is 0 Å². The number of nitrogens with zero attached hydrogens (tertiary/aromatic N) is 3. The number of anilines is 2. The summed E-state index contributed by atoms with van der Waals surface area (Å²) in [7, 11) is 4.12. The first-order valence-electron chi connectivity index (χ1n) is 6.45. The van der Waals surface area contributed by atoms with Crippen LogP contribution in [0.2, 0.25) is 0 Å². The quantitative estimate of drug-likeness (QED) is 0.468. The predicted octanol–water partition coefficient (Wildman–Crippen LogP) is 3.56. The molecule has 0 atom stereocenters. The van der Waals surface area contributed by atoms with Gasteiger partial charge < -0.3 is 9.80 Å². The molecule has 0 aliphatic carbocycles. The molecule has 2 aromatic rings. The van der Waals surface area contributed by atoms with Gasteiger partial charge in [0.2, 0.25) is 0 Å². The standard InChI is InChI=1S/C16H13N3S.Ir/c1-18(2)11-7-8-13-14(9-11)12-5-3-4-6-15(12)19-10-20-17-16(13)19;/h3-5,7-10H,1-2H3;/q-2;. The topological polar surface area (TPSA) is 18.8 Å². The summed E-state index contributed by atoms with van der Waals surface area (Å²) in [5.74, 6) is 3.04. The Morgan fingerprint density at radius 1 is 1.19 bits per heavy atom. The van der Waals surface area contributed by atoms with Crippen LogP contribution in [0, 0.1) is 11.9 Å². The fourth-order valence-corrected chi connectivity index (χ4v) is 3.26. The normalized spacial score (nSPS) is 14.6. The Hall–Kier alpha value is -1.29. The van der Waals surface area contributed by atoms with E-state index in [0.29, 0.717) is 0 Å². The average molecular weight is 472 g/mol. The summed E-state index contributed by atoms with van der Waals surface area (Å²) in [6, 6.07) is 16.0. The van der Waals surface area contributed by atoms with Crippen molar-refractivity contribution in [2.24, 2.45) is 4.40 Å². The summed E-state index contributed by atoms with van der Waals surface area (Å²) < 4.78 is 4.54. The first-order chi connectivity index (χ1) is 9.75. The fraction of sp³-hybridized carbons (Fsp3) is 0.125. The SMILES string of the molecule is CN(C)c1ccc2c(c1)-c1ccc[c-]c1N1[CH-]SN=C21.[Ir]. The minimum Gasteiger partial charge on any atom is -0.486 e. The van der Waals surface area contributed by atoms with E-state index in [0.717, 1.165) is 11.5 Å². The Kier molecular flexibility index (Phi) is 3.82. The van der Waals surface area contributed by atoms with Crippen molar-refractivity contribution in [3.05, 3.63) is 53.9 Å². The molecule has 0 saturated carbocycles. The van der Waals surface area contributed by atoms with E-state index in [4.69, 9.17) is 0 Å². The Morgan fingerprint density at radius 3 is 2.86 bits per heavy atom. The van der Waals surface area contributed by atoms with Crippen LogP contribution in [0.5, 0.6) is 0 Å². The van der Waals surface area contributed by atoms with Gasteiger partial charge in [0.15, 0.2) is 0 Å². The van der Waals surface area contributed by atoms with Crippen molar-refractivity contribution in [2.75, 3.05) is 23.9 Å². The number of hydrogen-bond acceptors (Lipinski definition) is 4. The molecule has 2 aromatic carbocycles. The largest absolute Gasteiger partial charge is 0.486 e. The molecular weight excluding hydrogens is 458 g/mol. The monoisotopic (exact) mass is 472 g/mol. The number of hydrogen-bond donors (Lipinski definition) is 0. The van der Waals surface area contributed by atoms with Crippen molar-refractivity contribution >= 4 is 29.2 Å². The summed E-state index contributed by atoms with van der Waals surface area (Å²) in [6.07, 6.45) is 0. The van der Waals surface area contributed by atoms with Gasteiger partial charge in [0, 0.05) is 45.5 Å². The second-order valence-corrected chi connectivity index (χ2v) is 5.66. The van der Waals surface area contributed by atoms with E-state index in [1.165, 1.54) is 34.3 Å². The summed E-state index contributed by atoms with van der Waals surface area (Å²) in [5, 5.41) is 0. The fourth-order valence-electron chi connectivity index (χ4n) is 2.63. The summed E-state index contributed by atoms with van der Waals surface area (Å²) >= 11 is 1.48. The molecule has 1 radical (unpaired) electrons. The van der Waals surface area contributed by atoms with Crippen LogP contribution in [0.4, 0.5) is 11.4 Å². The molecule has 0 aromatic heterocycles. The molecule has 0 saturated heterocycles. The molecule has 0 fully saturated rings. The van der Waals surface area contributed by atoms with Gasteiger partial charge in [-0.15, -0.1) is 5.56 Å². The summed E-state index contributed by atoms with van der Waals surface area (Å²) in [4.78, 5) is 4.24. The third kappa shape index (κ3) is 2.20. The molecule has 2 heterocycles. The third-order valence-corrected chi connectivity index (χ3v) is 4.23. The summed E-state index contributed by atoms with van der Waals surface area (Å²) in [6.45, 7) is 0. The average Bonchev–Trinajstić information content (AvgIpc) is 2.96. The van der Waals surface area contributed by atoms with E-state index >= 15 is 0 Å². The van der Waals surface area contributed by atoms with Crippen LogP contribution in [0.25, 0.3) is 11.1 Å². The molecule has 0 bridgehead atoms. The van der Waals surface area contributed by atoms with Crippen LogP contribution < -0.4 is 9.80 Å². The van der Waals surface area contributed by atoms with E-state index in [1.54, 1.807) is 0 Å². The third-order valence-electron chi connectivity index (χ3n) is 3.65. The van der Waals surface area contributed by atoms with Crippen molar-refractivity contribution < 1.29 is 20.1 Å². The van der Waals surface area contributed by atoms with Crippen LogP contribution in [0.1, 0.15) is 5.56 Å². The first kappa shape index (κ1) is 14.6. The zero-order valence-electron chi connectivity index (χ0n) is 11.6. The molecule has 0 N–H and O–H groups in total. The van der Waals surface area contributed by atoms with Crippen molar-refractivity contribution in [2.45, 2.75) is 0 Å². The van der Waals surface area contributed by atoms with Crippen LogP contribution in [-0.4, -0.2) is 19.9 Å². The van der Waals surface area contributed by atoms with E-state index in [2.05, 4.69) is 58.6 Å². The Morgan fingerprint density at radius 2 is 2.05 bits per heavy atom. The molecule has 2 aliphatic heterocycles. The molecule has 5 heteroatoms. The number of benzene rings is 2. The molecule has 2 aliphatic rings. The minimum absolute atomic E-state index is 0. The molecule has 0 unspecified atom stereocenters. The first-order valence-corrected chi connectivity index (χ1v) is 7.28. The second-order valence-electron chi connectivity index (χ2n) is 5.05. The van der Waals surface area contributed by atoms with Crippen molar-refractivity contribution in [3.8, 4) is 11.1 Å². The maximum atomic E-state index is 4.54. The Labute approximate surface area is 142 Å². The van der Waals surface area contributed by atoms with Crippen LogP contribution >= 0.6 is 11.9 Å². The van der Waals surface area contributed by atoms with Gasteiger partial charge in [-0.3, -0.25) is 0 Å². The van der Waals surface area contributed by atoms with Crippen LogP contribution in [-0.2, 0) is 20.1 Å². The Balaban J connectivity index is 0.00000132. The van der Waals surface area contributed by atoms with E-state index in [9.17, 15) is 0 Å². The molecule has 0 spiro atoms.